The molecule has 0 aliphatic rings. The molecule has 0 rings (SSSR count). The van der Waals surface area contributed by atoms with Crippen molar-refractivity contribution in [3.63, 3.8) is 0 Å². The third-order valence-electron chi connectivity index (χ3n) is 17.0. The Morgan fingerprint density at radius 1 is 0.316 bits per heavy atom. The first-order valence-electron chi connectivity index (χ1n) is 35.1. The van der Waals surface area contributed by atoms with E-state index >= 15 is 0 Å². The van der Waals surface area contributed by atoms with Crippen LogP contribution in [0.15, 0.2) is 12.2 Å². The van der Waals surface area contributed by atoms with E-state index in [1.54, 1.807) is 0 Å². The van der Waals surface area contributed by atoms with Crippen molar-refractivity contribution < 1.29 is 25.2 Å². The van der Waals surface area contributed by atoms with E-state index in [0.717, 1.165) is 38.5 Å². The fraction of sp³-hybridized carbons (Fsp3) is 0.957. The Kier molecular flexibility index (Phi) is 64.1. The molecule has 1 amide bonds. The van der Waals surface area contributed by atoms with Crippen molar-refractivity contribution in [3.8, 4) is 0 Å². The van der Waals surface area contributed by atoms with Gasteiger partial charge >= 0.3 is 0 Å². The maximum absolute atomic E-state index is 12.6. The fourth-order valence-electron chi connectivity index (χ4n) is 11.5. The molecule has 0 aromatic rings. The maximum atomic E-state index is 12.6. The quantitative estimate of drug-likeness (QED) is 0.0308. The van der Waals surface area contributed by atoms with E-state index in [2.05, 4.69) is 31.3 Å². The van der Waals surface area contributed by atoms with Crippen LogP contribution >= 0.6 is 0 Å². The van der Waals surface area contributed by atoms with Gasteiger partial charge in [0.05, 0.1) is 18.8 Å². The summed E-state index contributed by atoms with van der Waals surface area (Å²) in [7, 11) is 0. The third kappa shape index (κ3) is 57.7. The lowest BCUT2D eigenvalue weighted by atomic mass is 10.00. The van der Waals surface area contributed by atoms with E-state index in [4.69, 9.17) is 0 Å². The van der Waals surface area contributed by atoms with Gasteiger partial charge in [0.15, 0.2) is 0 Å². The first-order valence-corrected chi connectivity index (χ1v) is 35.1. The molecule has 0 bridgehead atoms. The largest absolute Gasteiger partial charge is 0.394 e. The average molecular weight is 1070 g/mol. The van der Waals surface area contributed by atoms with Crippen molar-refractivity contribution in [2.24, 2.45) is 0 Å². The number of unbranched alkanes of at least 4 members (excludes halogenated alkanes) is 55. The van der Waals surface area contributed by atoms with Crippen molar-refractivity contribution in [2.45, 2.75) is 423 Å². The zero-order valence-corrected chi connectivity index (χ0v) is 51.8. The number of carbonyl (C=O) groups is 1. The predicted octanol–water partition coefficient (Wildman–Crippen LogP) is 21.5. The number of aliphatic hydroxyl groups excluding tert-OH is 4. The molecule has 0 aliphatic carbocycles. The van der Waals surface area contributed by atoms with Gasteiger partial charge in [-0.2, -0.15) is 0 Å². The summed E-state index contributed by atoms with van der Waals surface area (Å²) >= 11 is 0. The summed E-state index contributed by atoms with van der Waals surface area (Å²) < 4.78 is 0. The molecular weight excluding hydrogens is 935 g/mol. The van der Waals surface area contributed by atoms with Crippen molar-refractivity contribution >= 4 is 5.91 Å². The lowest BCUT2D eigenvalue weighted by Gasteiger charge is -2.27. The van der Waals surface area contributed by atoms with Gasteiger partial charge in [0.1, 0.15) is 12.2 Å². The van der Waals surface area contributed by atoms with E-state index in [9.17, 15) is 25.2 Å². The SMILES string of the molecule is CCCCCCCCCCCCCCCCCCC/C=C/CCCC(O)C(O)C(CO)NC(=O)C(O)CCCCCCCCCCCCCCCCCCCCCCCCCCCCCCCCCCCCCCCC. The number of hydrogen-bond donors (Lipinski definition) is 5. The van der Waals surface area contributed by atoms with Crippen LogP contribution in [0.2, 0.25) is 0 Å². The molecule has 0 aliphatic heterocycles. The van der Waals surface area contributed by atoms with Crippen molar-refractivity contribution in [2.75, 3.05) is 6.61 Å². The Hall–Kier alpha value is -0.950. The molecule has 0 fully saturated rings. The van der Waals surface area contributed by atoms with Gasteiger partial charge in [-0.3, -0.25) is 4.79 Å². The van der Waals surface area contributed by atoms with Gasteiger partial charge in [-0.15, -0.1) is 0 Å². The lowest BCUT2D eigenvalue weighted by Crippen LogP contribution is -2.53. The molecular formula is C70H139NO5. The Morgan fingerprint density at radius 3 is 0.789 bits per heavy atom. The zero-order valence-electron chi connectivity index (χ0n) is 51.8. The standard InChI is InChI=1S/C70H139NO5/c1-3-5-7-9-11-13-15-17-19-21-23-25-27-28-29-30-31-32-33-34-35-36-37-38-39-40-41-42-44-46-48-50-52-54-56-58-60-62-64-68(74)70(76)71-66(65-72)69(75)67(73)63-61-59-57-55-53-51-49-47-45-43-26-24-22-20-18-16-14-12-10-8-6-4-2/h55,57,66-69,72-75H,3-54,56,58-65H2,1-2H3,(H,71,76)/b57-55+. The zero-order chi connectivity index (χ0) is 55.1. The molecule has 6 nitrogen and oxygen atoms in total. The summed E-state index contributed by atoms with van der Waals surface area (Å²) in [5.74, 6) is -0.584. The first-order chi connectivity index (χ1) is 37.5. The normalized spacial score (nSPS) is 13.5. The van der Waals surface area contributed by atoms with E-state index in [0.29, 0.717) is 12.8 Å². The third-order valence-corrected chi connectivity index (χ3v) is 17.0. The molecule has 0 spiro atoms. The van der Waals surface area contributed by atoms with Gasteiger partial charge in [-0.1, -0.05) is 373 Å². The van der Waals surface area contributed by atoms with E-state index in [-0.39, 0.29) is 0 Å². The molecule has 6 heteroatoms. The molecule has 0 heterocycles. The van der Waals surface area contributed by atoms with E-state index < -0.39 is 36.9 Å². The Bertz CT molecular complexity index is 1120. The lowest BCUT2D eigenvalue weighted by molar-refractivity contribution is -0.132. The first kappa shape index (κ1) is 75.0. The topological polar surface area (TPSA) is 110 Å². The number of carbonyl (C=O) groups excluding carboxylic acids is 1. The molecule has 4 atom stereocenters. The van der Waals surface area contributed by atoms with Gasteiger partial charge in [0.2, 0.25) is 5.91 Å². The highest BCUT2D eigenvalue weighted by Crippen LogP contribution is 2.20. The van der Waals surface area contributed by atoms with Crippen LogP contribution in [0.3, 0.4) is 0 Å². The summed E-state index contributed by atoms with van der Waals surface area (Å²) in [6, 6.07) is -1.000. The molecule has 0 saturated carbocycles. The number of aliphatic hydroxyl groups is 4. The number of allylic oxidation sites excluding steroid dienone is 2. The van der Waals surface area contributed by atoms with Gasteiger partial charge < -0.3 is 25.7 Å². The second-order valence-corrected chi connectivity index (χ2v) is 24.6. The van der Waals surface area contributed by atoms with Crippen LogP contribution < -0.4 is 5.32 Å². The maximum Gasteiger partial charge on any atom is 0.249 e. The number of nitrogens with one attached hydrogen (secondary N) is 1. The van der Waals surface area contributed by atoms with Crippen LogP contribution in [0.5, 0.6) is 0 Å². The highest BCUT2D eigenvalue weighted by atomic mass is 16.3. The summed E-state index contributed by atoms with van der Waals surface area (Å²) in [5, 5.41) is 44.1. The second kappa shape index (κ2) is 64.9. The van der Waals surface area contributed by atoms with Crippen LogP contribution in [-0.4, -0.2) is 57.3 Å². The van der Waals surface area contributed by atoms with E-state index in [1.807, 2.05) is 0 Å². The highest BCUT2D eigenvalue weighted by molar-refractivity contribution is 5.80. The predicted molar refractivity (Wildman–Crippen MR) is 335 cm³/mol. The minimum atomic E-state index is -1.28. The summed E-state index contributed by atoms with van der Waals surface area (Å²) in [6.07, 6.45) is 80.7. The number of hydrogen-bond acceptors (Lipinski definition) is 5. The Balaban J connectivity index is 3.50. The van der Waals surface area contributed by atoms with Crippen molar-refractivity contribution in [1.82, 2.24) is 5.32 Å². The number of rotatable bonds is 66. The smallest absolute Gasteiger partial charge is 0.249 e. The highest BCUT2D eigenvalue weighted by Gasteiger charge is 2.28. The average Bonchev–Trinajstić information content (AvgIpc) is 3.42. The van der Waals surface area contributed by atoms with Crippen molar-refractivity contribution in [1.29, 1.82) is 0 Å². The van der Waals surface area contributed by atoms with Crippen LogP contribution in [0.25, 0.3) is 0 Å². The molecule has 0 aromatic carbocycles. The van der Waals surface area contributed by atoms with E-state index in [1.165, 1.54) is 334 Å². The van der Waals surface area contributed by atoms with Gasteiger partial charge in [-0.25, -0.2) is 0 Å². The monoisotopic (exact) mass is 1070 g/mol. The van der Waals surface area contributed by atoms with Crippen LogP contribution in [0.1, 0.15) is 399 Å². The minimum absolute atomic E-state index is 0.369. The Morgan fingerprint density at radius 2 is 0.539 bits per heavy atom. The molecule has 0 aromatic heterocycles. The van der Waals surface area contributed by atoms with Gasteiger partial charge in [-0.05, 0) is 38.5 Å². The fourth-order valence-corrected chi connectivity index (χ4v) is 11.5. The molecule has 4 unspecified atom stereocenters. The summed E-state index contributed by atoms with van der Waals surface area (Å²) in [5.41, 5.74) is 0. The van der Waals surface area contributed by atoms with Crippen molar-refractivity contribution in [3.05, 3.63) is 12.2 Å². The molecule has 76 heavy (non-hydrogen) atoms. The molecule has 0 radical (unpaired) electrons. The number of amides is 1. The molecule has 454 valence electrons. The van der Waals surface area contributed by atoms with Crippen LogP contribution in [0.4, 0.5) is 0 Å². The molecule has 5 N–H and O–H groups in total. The summed E-state index contributed by atoms with van der Waals surface area (Å²) in [4.78, 5) is 12.6. The second-order valence-electron chi connectivity index (χ2n) is 24.6. The van der Waals surface area contributed by atoms with Crippen LogP contribution in [0, 0.1) is 0 Å². The molecule has 0 saturated heterocycles. The Labute approximate surface area is 476 Å². The van der Waals surface area contributed by atoms with Crippen LogP contribution in [-0.2, 0) is 4.79 Å². The van der Waals surface area contributed by atoms with Gasteiger partial charge in [0.25, 0.3) is 0 Å². The minimum Gasteiger partial charge on any atom is -0.394 e. The summed E-state index contributed by atoms with van der Waals surface area (Å²) in [6.45, 7) is 4.10. The van der Waals surface area contributed by atoms with Gasteiger partial charge in [0, 0.05) is 0 Å².